The fourth-order valence-corrected chi connectivity index (χ4v) is 2.56. The summed E-state index contributed by atoms with van der Waals surface area (Å²) >= 11 is 0. The lowest BCUT2D eigenvalue weighted by atomic mass is 10.1. The van der Waals surface area contributed by atoms with Crippen LogP contribution in [0.2, 0.25) is 0 Å². The Hall–Kier alpha value is -1.42. The number of morpholine rings is 1. The molecule has 1 atom stereocenters. The zero-order chi connectivity index (χ0) is 13.4. The van der Waals surface area contributed by atoms with Gasteiger partial charge in [0.1, 0.15) is 0 Å². The van der Waals surface area contributed by atoms with E-state index in [9.17, 15) is 4.79 Å². The van der Waals surface area contributed by atoms with Gasteiger partial charge in [-0.05, 0) is 44.2 Å². The van der Waals surface area contributed by atoms with E-state index >= 15 is 0 Å². The summed E-state index contributed by atoms with van der Waals surface area (Å²) in [6, 6.07) is 1.94. The molecule has 1 aromatic rings. The summed E-state index contributed by atoms with van der Waals surface area (Å²) in [5.41, 5.74) is 2.74. The average molecular weight is 260 g/mol. The van der Waals surface area contributed by atoms with Gasteiger partial charge in [0.2, 0.25) is 0 Å². The Kier molecular flexibility index (Phi) is 3.27. The molecule has 0 bridgehead atoms. The third kappa shape index (κ3) is 2.63. The number of nitrogens with zero attached hydrogens (tertiary/aromatic N) is 2. The van der Waals surface area contributed by atoms with Gasteiger partial charge in [0.05, 0.1) is 18.3 Å². The van der Waals surface area contributed by atoms with Gasteiger partial charge in [-0.1, -0.05) is 0 Å². The predicted molar refractivity (Wildman–Crippen MR) is 72.1 cm³/mol. The quantitative estimate of drug-likeness (QED) is 0.816. The number of ether oxygens (including phenoxy) is 1. The zero-order valence-electron chi connectivity index (χ0n) is 11.6. The first-order valence-electron chi connectivity index (χ1n) is 6.99. The van der Waals surface area contributed by atoms with Crippen LogP contribution in [-0.4, -0.2) is 41.6 Å². The Labute approximate surface area is 113 Å². The molecular weight excluding hydrogens is 240 g/mol. The molecule has 1 aromatic heterocycles. The molecule has 102 valence electrons. The van der Waals surface area contributed by atoms with Crippen LogP contribution in [0.3, 0.4) is 0 Å². The third-order valence-electron chi connectivity index (χ3n) is 4.12. The molecule has 1 amide bonds. The fourth-order valence-electron chi connectivity index (χ4n) is 2.56. The first-order chi connectivity index (χ1) is 9.15. The second-order valence-corrected chi connectivity index (χ2v) is 5.62. The van der Waals surface area contributed by atoms with Crippen molar-refractivity contribution in [3.8, 4) is 0 Å². The molecule has 1 aliphatic heterocycles. The molecular formula is C15H20N2O2. The van der Waals surface area contributed by atoms with E-state index in [2.05, 4.69) is 4.98 Å². The van der Waals surface area contributed by atoms with E-state index in [1.54, 1.807) is 6.20 Å². The van der Waals surface area contributed by atoms with Gasteiger partial charge in [-0.2, -0.15) is 0 Å². The highest BCUT2D eigenvalue weighted by Crippen LogP contribution is 2.35. The number of carbonyl (C=O) groups excluding carboxylic acids is 1. The lowest BCUT2D eigenvalue weighted by molar-refractivity contribution is -0.0314. The van der Waals surface area contributed by atoms with Crippen LogP contribution in [0.15, 0.2) is 12.3 Å². The summed E-state index contributed by atoms with van der Waals surface area (Å²) in [6.45, 7) is 6.03. The Morgan fingerprint density at radius 2 is 2.21 bits per heavy atom. The molecule has 2 aliphatic rings. The van der Waals surface area contributed by atoms with E-state index in [-0.39, 0.29) is 12.0 Å². The number of amides is 1. The van der Waals surface area contributed by atoms with Crippen molar-refractivity contribution in [3.63, 3.8) is 0 Å². The van der Waals surface area contributed by atoms with Gasteiger partial charge in [0.15, 0.2) is 0 Å². The van der Waals surface area contributed by atoms with Crippen molar-refractivity contribution in [2.45, 2.75) is 32.8 Å². The first kappa shape index (κ1) is 12.6. The Morgan fingerprint density at radius 3 is 2.89 bits per heavy atom. The Morgan fingerprint density at radius 1 is 1.42 bits per heavy atom. The number of hydrogen-bond donors (Lipinski definition) is 0. The smallest absolute Gasteiger partial charge is 0.255 e. The number of aromatic nitrogens is 1. The minimum atomic E-state index is 0.0875. The van der Waals surface area contributed by atoms with Crippen molar-refractivity contribution in [2.75, 3.05) is 19.7 Å². The number of hydrogen-bond acceptors (Lipinski definition) is 3. The molecule has 0 N–H and O–H groups in total. The predicted octanol–water partition coefficient (Wildman–Crippen LogP) is 1.95. The van der Waals surface area contributed by atoms with Gasteiger partial charge in [-0.15, -0.1) is 0 Å². The summed E-state index contributed by atoms with van der Waals surface area (Å²) in [5.74, 6) is 0.762. The maximum Gasteiger partial charge on any atom is 0.255 e. The second-order valence-electron chi connectivity index (χ2n) is 5.62. The summed E-state index contributed by atoms with van der Waals surface area (Å²) in [6.07, 6.45) is 4.43. The minimum Gasteiger partial charge on any atom is -0.374 e. The molecule has 0 spiro atoms. The van der Waals surface area contributed by atoms with Gasteiger partial charge in [0, 0.05) is 25.0 Å². The molecule has 0 radical (unpaired) electrons. The number of rotatable bonds is 2. The van der Waals surface area contributed by atoms with E-state index in [4.69, 9.17) is 4.74 Å². The maximum atomic E-state index is 12.5. The van der Waals surface area contributed by atoms with Gasteiger partial charge in [0.25, 0.3) is 5.91 Å². The van der Waals surface area contributed by atoms with Crippen LogP contribution in [0.5, 0.6) is 0 Å². The van der Waals surface area contributed by atoms with E-state index in [0.29, 0.717) is 24.6 Å². The second kappa shape index (κ2) is 4.93. The standard InChI is InChI=1S/C15H20N2O2/c1-10-7-13(8-16-11(10)2)15(18)17-5-6-19-14(9-17)12-3-4-12/h7-8,12,14H,3-6,9H2,1-2H3. The van der Waals surface area contributed by atoms with Crippen LogP contribution >= 0.6 is 0 Å². The highest BCUT2D eigenvalue weighted by molar-refractivity contribution is 5.94. The van der Waals surface area contributed by atoms with Gasteiger partial charge < -0.3 is 9.64 Å². The largest absolute Gasteiger partial charge is 0.374 e. The lowest BCUT2D eigenvalue weighted by Gasteiger charge is -2.33. The lowest BCUT2D eigenvalue weighted by Crippen LogP contribution is -2.46. The molecule has 2 heterocycles. The summed E-state index contributed by atoms with van der Waals surface area (Å²) < 4.78 is 5.75. The topological polar surface area (TPSA) is 42.4 Å². The van der Waals surface area contributed by atoms with Gasteiger partial charge >= 0.3 is 0 Å². The van der Waals surface area contributed by atoms with Crippen molar-refractivity contribution < 1.29 is 9.53 Å². The fraction of sp³-hybridized carbons (Fsp3) is 0.600. The molecule has 1 aliphatic carbocycles. The molecule has 4 heteroatoms. The summed E-state index contributed by atoms with van der Waals surface area (Å²) in [4.78, 5) is 18.7. The highest BCUT2D eigenvalue weighted by Gasteiger charge is 2.36. The monoisotopic (exact) mass is 260 g/mol. The summed E-state index contributed by atoms with van der Waals surface area (Å²) in [7, 11) is 0. The highest BCUT2D eigenvalue weighted by atomic mass is 16.5. The van der Waals surface area contributed by atoms with Crippen LogP contribution in [0.25, 0.3) is 0 Å². The Bertz CT molecular complexity index is 497. The average Bonchev–Trinajstić information content (AvgIpc) is 3.26. The molecule has 1 saturated heterocycles. The van der Waals surface area contributed by atoms with Gasteiger partial charge in [-0.25, -0.2) is 0 Å². The molecule has 2 fully saturated rings. The molecule has 3 rings (SSSR count). The molecule has 0 aromatic carbocycles. The van der Waals surface area contributed by atoms with E-state index in [0.717, 1.165) is 17.8 Å². The normalized spacial score (nSPS) is 23.5. The third-order valence-corrected chi connectivity index (χ3v) is 4.12. The number of aryl methyl sites for hydroxylation is 2. The molecule has 19 heavy (non-hydrogen) atoms. The zero-order valence-corrected chi connectivity index (χ0v) is 11.6. The van der Waals surface area contributed by atoms with E-state index < -0.39 is 0 Å². The summed E-state index contributed by atoms with van der Waals surface area (Å²) in [5, 5.41) is 0. The van der Waals surface area contributed by atoms with Crippen LogP contribution in [-0.2, 0) is 4.74 Å². The number of carbonyl (C=O) groups is 1. The number of pyridine rings is 1. The van der Waals surface area contributed by atoms with Crippen LogP contribution in [0.4, 0.5) is 0 Å². The van der Waals surface area contributed by atoms with Crippen molar-refractivity contribution in [3.05, 3.63) is 29.1 Å². The van der Waals surface area contributed by atoms with E-state index in [1.807, 2.05) is 24.8 Å². The Balaban J connectivity index is 1.73. The molecule has 4 nitrogen and oxygen atoms in total. The SMILES string of the molecule is Cc1cc(C(=O)N2CCOC(C3CC3)C2)cnc1C. The van der Waals surface area contributed by atoms with Crippen LogP contribution in [0, 0.1) is 19.8 Å². The van der Waals surface area contributed by atoms with Crippen molar-refractivity contribution in [1.82, 2.24) is 9.88 Å². The minimum absolute atomic E-state index is 0.0875. The molecule has 1 unspecified atom stereocenters. The van der Waals surface area contributed by atoms with E-state index in [1.165, 1.54) is 12.8 Å². The van der Waals surface area contributed by atoms with Crippen molar-refractivity contribution in [2.24, 2.45) is 5.92 Å². The maximum absolute atomic E-state index is 12.5. The van der Waals surface area contributed by atoms with Crippen molar-refractivity contribution >= 4 is 5.91 Å². The van der Waals surface area contributed by atoms with Crippen LogP contribution < -0.4 is 0 Å². The van der Waals surface area contributed by atoms with Crippen molar-refractivity contribution in [1.29, 1.82) is 0 Å². The first-order valence-corrected chi connectivity index (χ1v) is 6.99. The van der Waals surface area contributed by atoms with Gasteiger partial charge in [-0.3, -0.25) is 9.78 Å². The molecule has 1 saturated carbocycles. The van der Waals surface area contributed by atoms with Crippen LogP contribution in [0.1, 0.15) is 34.5 Å².